The van der Waals surface area contributed by atoms with Crippen LogP contribution in [0.15, 0.2) is 52.5 Å². The van der Waals surface area contributed by atoms with Crippen LogP contribution in [0.1, 0.15) is 17.5 Å². The number of ketones is 2. The zero-order valence-corrected chi connectivity index (χ0v) is 17.3. The molecule has 0 fully saturated rings. The average molecular weight is 425 g/mol. The topological polar surface area (TPSA) is 77.0 Å². The summed E-state index contributed by atoms with van der Waals surface area (Å²) in [5.41, 5.74) is 3.12. The highest BCUT2D eigenvalue weighted by Crippen LogP contribution is 2.45. The molecule has 5 rings (SSSR count). The van der Waals surface area contributed by atoms with E-state index in [2.05, 4.69) is 10.3 Å². The van der Waals surface area contributed by atoms with Gasteiger partial charge in [0, 0.05) is 42.4 Å². The van der Waals surface area contributed by atoms with Gasteiger partial charge in [-0.3, -0.25) is 14.6 Å². The second-order valence-electron chi connectivity index (χ2n) is 7.23. The Morgan fingerprint density at radius 3 is 2.73 bits per heavy atom. The van der Waals surface area contributed by atoms with E-state index in [9.17, 15) is 9.59 Å². The maximum Gasteiger partial charge on any atom is 0.190 e. The van der Waals surface area contributed by atoms with E-state index < -0.39 is 0 Å². The molecule has 2 aromatic rings. The largest absolute Gasteiger partial charge is 0.490 e. The lowest BCUT2D eigenvalue weighted by molar-refractivity contribution is -0.113. The van der Waals surface area contributed by atoms with E-state index in [0.29, 0.717) is 54.2 Å². The van der Waals surface area contributed by atoms with Crippen LogP contribution in [0.25, 0.3) is 16.3 Å². The number of aliphatic imine (C=N–C) groups is 1. The van der Waals surface area contributed by atoms with Gasteiger partial charge < -0.3 is 14.8 Å². The van der Waals surface area contributed by atoms with Gasteiger partial charge in [0.05, 0.1) is 18.7 Å². The molecule has 3 aliphatic rings. The van der Waals surface area contributed by atoms with Crippen molar-refractivity contribution in [2.24, 2.45) is 4.99 Å². The van der Waals surface area contributed by atoms with Crippen LogP contribution < -0.4 is 10.1 Å². The molecule has 1 N–H and O–H groups in total. The van der Waals surface area contributed by atoms with Gasteiger partial charge in [-0.05, 0) is 22.9 Å². The summed E-state index contributed by atoms with van der Waals surface area (Å²) < 4.78 is 11.3. The molecular weight excluding hydrogens is 404 g/mol. The standard InChI is InChI=1S/C23H20N2O4.ClH/c1-28-8-9-29-22-18(23-24-6-7-25-23)10-13-4-2-3-5-14(13)20(22)17-12-19(26)15-11-16(15)21(17)27;/h2-5,10,12H,6-9,11H2,1H3,(H,24,25);1H. The van der Waals surface area contributed by atoms with Gasteiger partial charge in [0.2, 0.25) is 0 Å². The molecule has 0 saturated carbocycles. The lowest BCUT2D eigenvalue weighted by atomic mass is 9.89. The molecule has 0 aromatic heterocycles. The number of hydrogen-bond donors (Lipinski definition) is 1. The fourth-order valence-corrected chi connectivity index (χ4v) is 3.94. The molecule has 2 aromatic carbocycles. The number of allylic oxidation sites excluding steroid dienone is 4. The highest BCUT2D eigenvalue weighted by molar-refractivity contribution is 6.42. The summed E-state index contributed by atoms with van der Waals surface area (Å²) in [6, 6.07) is 9.85. The summed E-state index contributed by atoms with van der Waals surface area (Å²) in [5, 5.41) is 5.13. The monoisotopic (exact) mass is 424 g/mol. The van der Waals surface area contributed by atoms with Crippen molar-refractivity contribution in [3.05, 3.63) is 58.7 Å². The number of Topliss-reactive ketones (excluding diaryl/α,β-unsaturated/α-hetero) is 1. The third kappa shape index (κ3) is 3.32. The number of carbonyl (C=O) groups is 2. The Morgan fingerprint density at radius 2 is 1.97 bits per heavy atom. The van der Waals surface area contributed by atoms with Gasteiger partial charge in [-0.1, -0.05) is 24.3 Å². The first-order valence-corrected chi connectivity index (χ1v) is 9.68. The number of ether oxygens (including phenoxy) is 2. The summed E-state index contributed by atoms with van der Waals surface area (Å²) >= 11 is 0. The second-order valence-corrected chi connectivity index (χ2v) is 7.23. The maximum absolute atomic E-state index is 13.1. The number of fused-ring (bicyclic) bond motifs is 1. The van der Waals surface area contributed by atoms with Gasteiger partial charge in [0.15, 0.2) is 11.6 Å². The van der Waals surface area contributed by atoms with Crippen molar-refractivity contribution in [1.29, 1.82) is 0 Å². The van der Waals surface area contributed by atoms with E-state index in [1.807, 2.05) is 30.3 Å². The van der Waals surface area contributed by atoms with Crippen molar-refractivity contribution in [3.8, 4) is 5.75 Å². The number of benzene rings is 2. The Kier molecular flexibility index (Phi) is 5.45. The number of nitrogens with zero attached hydrogens (tertiary/aromatic N) is 1. The van der Waals surface area contributed by atoms with Crippen molar-refractivity contribution in [2.45, 2.75) is 6.42 Å². The zero-order chi connectivity index (χ0) is 20.0. The summed E-state index contributed by atoms with van der Waals surface area (Å²) in [7, 11) is 1.61. The Bertz CT molecular complexity index is 1160. The maximum atomic E-state index is 13.1. The molecule has 0 amide bonds. The minimum atomic E-state index is -0.0835. The van der Waals surface area contributed by atoms with Crippen LogP contribution in [0.3, 0.4) is 0 Å². The summed E-state index contributed by atoms with van der Waals surface area (Å²) in [5.74, 6) is 1.14. The van der Waals surface area contributed by atoms with E-state index in [-0.39, 0.29) is 24.0 Å². The normalized spacial score (nSPS) is 17.2. The van der Waals surface area contributed by atoms with Gasteiger partial charge in [-0.15, -0.1) is 12.4 Å². The minimum absolute atomic E-state index is 0. The Balaban J connectivity index is 0.00000218. The van der Waals surface area contributed by atoms with Crippen LogP contribution in [-0.2, 0) is 14.3 Å². The van der Waals surface area contributed by atoms with Crippen molar-refractivity contribution >= 4 is 46.2 Å². The number of carbonyl (C=O) groups excluding carboxylic acids is 2. The predicted molar refractivity (Wildman–Crippen MR) is 118 cm³/mol. The minimum Gasteiger partial charge on any atom is -0.490 e. The highest BCUT2D eigenvalue weighted by atomic mass is 35.5. The molecule has 30 heavy (non-hydrogen) atoms. The van der Waals surface area contributed by atoms with Crippen molar-refractivity contribution in [2.75, 3.05) is 33.4 Å². The van der Waals surface area contributed by atoms with Crippen LogP contribution in [0, 0.1) is 0 Å². The molecule has 0 bridgehead atoms. The Hall–Kier alpha value is -2.96. The average Bonchev–Trinajstić information content (AvgIpc) is 3.37. The highest BCUT2D eigenvalue weighted by Gasteiger charge is 2.40. The third-order valence-electron chi connectivity index (χ3n) is 5.42. The lowest BCUT2D eigenvalue weighted by Gasteiger charge is -2.20. The van der Waals surface area contributed by atoms with E-state index in [1.54, 1.807) is 7.11 Å². The van der Waals surface area contributed by atoms with Gasteiger partial charge in [-0.25, -0.2) is 0 Å². The third-order valence-corrected chi connectivity index (χ3v) is 5.42. The molecule has 0 radical (unpaired) electrons. The molecule has 0 unspecified atom stereocenters. The zero-order valence-electron chi connectivity index (χ0n) is 16.5. The quantitative estimate of drug-likeness (QED) is 0.570. The number of rotatable bonds is 6. The smallest absolute Gasteiger partial charge is 0.190 e. The fourth-order valence-electron chi connectivity index (χ4n) is 3.94. The van der Waals surface area contributed by atoms with Gasteiger partial charge in [0.1, 0.15) is 18.2 Å². The second kappa shape index (κ2) is 8.05. The molecule has 0 spiro atoms. The molecule has 154 valence electrons. The molecular formula is C23H21ClN2O4. The summed E-state index contributed by atoms with van der Waals surface area (Å²) in [6.07, 6.45) is 1.95. The summed E-state index contributed by atoms with van der Waals surface area (Å²) in [6.45, 7) is 2.18. The Labute approximate surface area is 180 Å². The van der Waals surface area contributed by atoms with Gasteiger partial charge in [0.25, 0.3) is 0 Å². The van der Waals surface area contributed by atoms with Crippen LogP contribution >= 0.6 is 12.4 Å². The number of methoxy groups -OCH3 is 1. The molecule has 0 atom stereocenters. The molecule has 1 aliphatic heterocycles. The first kappa shape index (κ1) is 20.3. The van der Waals surface area contributed by atoms with E-state index in [1.165, 1.54) is 6.08 Å². The SMILES string of the molecule is COCCOc1c(C2=NCCN2)cc2ccccc2c1C1=CC(=O)C2=C(C2)C1=O.Cl. The molecule has 1 heterocycles. The molecule has 7 heteroatoms. The number of hydrogen-bond acceptors (Lipinski definition) is 6. The van der Waals surface area contributed by atoms with E-state index in [0.717, 1.165) is 28.7 Å². The van der Waals surface area contributed by atoms with Crippen LogP contribution in [0.4, 0.5) is 0 Å². The number of nitrogens with one attached hydrogen (secondary N) is 1. The van der Waals surface area contributed by atoms with E-state index in [4.69, 9.17) is 9.47 Å². The van der Waals surface area contributed by atoms with Crippen LogP contribution in [0.5, 0.6) is 5.75 Å². The van der Waals surface area contributed by atoms with E-state index >= 15 is 0 Å². The van der Waals surface area contributed by atoms with Gasteiger partial charge >= 0.3 is 0 Å². The first-order valence-electron chi connectivity index (χ1n) is 9.68. The van der Waals surface area contributed by atoms with Crippen molar-refractivity contribution < 1.29 is 19.1 Å². The molecule has 6 nitrogen and oxygen atoms in total. The Morgan fingerprint density at radius 1 is 1.13 bits per heavy atom. The fraction of sp³-hybridized carbons (Fsp3) is 0.261. The first-order chi connectivity index (χ1) is 14.2. The number of amidine groups is 1. The summed E-state index contributed by atoms with van der Waals surface area (Å²) in [4.78, 5) is 30.1. The molecule has 2 aliphatic carbocycles. The van der Waals surface area contributed by atoms with Crippen LogP contribution in [-0.4, -0.2) is 50.8 Å². The van der Waals surface area contributed by atoms with Crippen molar-refractivity contribution in [1.82, 2.24) is 5.32 Å². The predicted octanol–water partition coefficient (Wildman–Crippen LogP) is 2.87. The number of halogens is 1. The van der Waals surface area contributed by atoms with Crippen molar-refractivity contribution in [3.63, 3.8) is 0 Å². The van der Waals surface area contributed by atoms with Crippen LogP contribution in [0.2, 0.25) is 0 Å². The lowest BCUT2D eigenvalue weighted by Crippen LogP contribution is -2.22. The molecule has 0 saturated heterocycles. The van der Waals surface area contributed by atoms with Gasteiger partial charge in [-0.2, -0.15) is 0 Å².